The van der Waals surface area contributed by atoms with Gasteiger partial charge in [-0.25, -0.2) is 22.8 Å². The van der Waals surface area contributed by atoms with Crippen LogP contribution in [0.1, 0.15) is 35.9 Å². The summed E-state index contributed by atoms with van der Waals surface area (Å²) in [5.74, 6) is -1.15. The number of carbonyl (C=O) groups is 1. The van der Waals surface area contributed by atoms with Crippen LogP contribution < -0.4 is 16.0 Å². The fourth-order valence-corrected chi connectivity index (χ4v) is 4.81. The summed E-state index contributed by atoms with van der Waals surface area (Å²) < 4.78 is 55.7. The summed E-state index contributed by atoms with van der Waals surface area (Å²) in [6, 6.07) is 5.62. The van der Waals surface area contributed by atoms with Gasteiger partial charge in [0.05, 0.1) is 12.6 Å². The lowest BCUT2D eigenvalue weighted by Gasteiger charge is -2.36. The van der Waals surface area contributed by atoms with Crippen LogP contribution in [0.15, 0.2) is 52.2 Å². The number of aromatic amines is 1. The van der Waals surface area contributed by atoms with Crippen molar-refractivity contribution in [3.8, 4) is 11.5 Å². The number of nitrogens with one attached hydrogen (secondary N) is 1. The van der Waals surface area contributed by atoms with Crippen LogP contribution in [-0.4, -0.2) is 55.7 Å². The maximum absolute atomic E-state index is 15.2. The van der Waals surface area contributed by atoms with E-state index in [9.17, 15) is 33.4 Å². The molecule has 1 saturated heterocycles. The van der Waals surface area contributed by atoms with Crippen molar-refractivity contribution in [3.63, 3.8) is 0 Å². The molecule has 10 nitrogen and oxygen atoms in total. The number of H-pyrrole nitrogens is 1. The normalized spacial score (nSPS) is 22.4. The van der Waals surface area contributed by atoms with E-state index in [-0.39, 0.29) is 34.6 Å². The Kier molecular flexibility index (Phi) is 6.49. The summed E-state index contributed by atoms with van der Waals surface area (Å²) in [5, 5.41) is 20.7. The van der Waals surface area contributed by atoms with E-state index in [0.717, 1.165) is 39.9 Å². The molecule has 1 amide bonds. The molecule has 0 bridgehead atoms. The van der Waals surface area contributed by atoms with Gasteiger partial charge in [0, 0.05) is 22.9 Å². The molecule has 0 unspecified atom stereocenters. The Balaban J connectivity index is 1.53. The zero-order valence-electron chi connectivity index (χ0n) is 19.8. The monoisotopic (exact) mass is 533 g/mol. The number of aryl methyl sites for hydroxylation is 1. The first-order valence-corrected chi connectivity index (χ1v) is 11.7. The number of aliphatic hydroxyl groups excluding tert-OH is 1. The van der Waals surface area contributed by atoms with E-state index in [1.807, 2.05) is 0 Å². The summed E-state index contributed by atoms with van der Waals surface area (Å²) in [6.45, 7) is 1.02. The van der Waals surface area contributed by atoms with Crippen molar-refractivity contribution in [2.24, 2.45) is 0 Å². The van der Waals surface area contributed by atoms with Gasteiger partial charge in [0.1, 0.15) is 35.3 Å². The molecule has 0 saturated carbocycles. The van der Waals surface area contributed by atoms with Crippen LogP contribution >= 0.6 is 0 Å². The van der Waals surface area contributed by atoms with Gasteiger partial charge in [-0.15, -0.1) is 0 Å². The second kappa shape index (κ2) is 9.65. The third-order valence-corrected chi connectivity index (χ3v) is 6.68. The topological polar surface area (TPSA) is 134 Å². The molecular weight excluding hydrogens is 511 g/mol. The predicted molar refractivity (Wildman–Crippen MR) is 125 cm³/mol. The summed E-state index contributed by atoms with van der Waals surface area (Å²) >= 11 is 0. The highest BCUT2D eigenvalue weighted by Crippen LogP contribution is 2.47. The second-order valence-corrected chi connectivity index (χ2v) is 8.98. The summed E-state index contributed by atoms with van der Waals surface area (Å²) in [7, 11) is 0. The van der Waals surface area contributed by atoms with Crippen LogP contribution in [-0.2, 0) is 11.2 Å². The van der Waals surface area contributed by atoms with Crippen LogP contribution in [0, 0.1) is 11.6 Å². The molecule has 2 aromatic carbocycles. The van der Waals surface area contributed by atoms with Gasteiger partial charge in [0.2, 0.25) is 0 Å². The van der Waals surface area contributed by atoms with E-state index in [0.29, 0.717) is 0 Å². The largest absolute Gasteiger partial charge is 0.465 e. The van der Waals surface area contributed by atoms with Gasteiger partial charge in [0.25, 0.3) is 5.56 Å². The molecule has 13 heteroatoms. The van der Waals surface area contributed by atoms with Gasteiger partial charge in [-0.3, -0.25) is 19.2 Å². The first-order valence-electron chi connectivity index (χ1n) is 11.7. The molecule has 0 spiro atoms. The van der Waals surface area contributed by atoms with Crippen molar-refractivity contribution in [3.05, 3.63) is 91.8 Å². The summed E-state index contributed by atoms with van der Waals surface area (Å²) in [4.78, 5) is 39.5. The highest BCUT2D eigenvalue weighted by molar-refractivity contribution is 5.68. The Labute approximate surface area is 212 Å². The zero-order chi connectivity index (χ0) is 27.3. The molecule has 0 radical (unpaired) electrons. The molecule has 4 atom stereocenters. The van der Waals surface area contributed by atoms with Crippen molar-refractivity contribution >= 4 is 6.09 Å². The minimum Gasteiger partial charge on any atom is -0.465 e. The lowest BCUT2D eigenvalue weighted by Crippen LogP contribution is -2.44. The third kappa shape index (κ3) is 4.33. The molecule has 5 rings (SSSR count). The van der Waals surface area contributed by atoms with Crippen molar-refractivity contribution in [2.75, 3.05) is 6.54 Å². The number of aliphatic hydroxyl groups is 1. The standard InChI is InChI=1S/C25H22F3N3O7/c1-2-11-9-31(24(34)29-22(11)33)23-19(28)21(32)18(38-23)10-30(25(35)36)20-14-7-12(26)3-5-16(14)37-17-6-4-13(27)8-15(17)20/h3-9,18-21,23,32H,2,10H2,1H3,(H,35,36)(H,29,33,34)/t18-,19-,21-,23-/m1/s1. The van der Waals surface area contributed by atoms with Crippen LogP contribution in [0.3, 0.4) is 0 Å². The molecule has 2 aliphatic heterocycles. The molecule has 3 aromatic rings. The number of halogens is 3. The van der Waals surface area contributed by atoms with E-state index in [1.165, 1.54) is 12.1 Å². The first-order chi connectivity index (χ1) is 18.1. The van der Waals surface area contributed by atoms with Crippen LogP contribution in [0.4, 0.5) is 18.0 Å². The highest BCUT2D eigenvalue weighted by Gasteiger charge is 2.48. The second-order valence-electron chi connectivity index (χ2n) is 8.98. The maximum Gasteiger partial charge on any atom is 0.408 e. The number of fused-ring (bicyclic) bond motifs is 2. The molecule has 38 heavy (non-hydrogen) atoms. The Hall–Kier alpha value is -4.10. The zero-order valence-corrected chi connectivity index (χ0v) is 19.8. The summed E-state index contributed by atoms with van der Waals surface area (Å²) in [6.07, 6.45) is -7.37. The van der Waals surface area contributed by atoms with Gasteiger partial charge < -0.3 is 19.7 Å². The number of rotatable bonds is 5. The van der Waals surface area contributed by atoms with Crippen molar-refractivity contribution in [1.29, 1.82) is 0 Å². The first kappa shape index (κ1) is 25.5. The van der Waals surface area contributed by atoms with Gasteiger partial charge in [0.15, 0.2) is 12.4 Å². The number of nitrogens with zero attached hydrogens (tertiary/aromatic N) is 2. The molecule has 1 aromatic heterocycles. The minimum absolute atomic E-state index is 0.0655. The Morgan fingerprint density at radius 1 is 1.11 bits per heavy atom. The number of alkyl halides is 1. The van der Waals surface area contributed by atoms with Crippen LogP contribution in [0.2, 0.25) is 0 Å². The fourth-order valence-electron chi connectivity index (χ4n) is 4.81. The fraction of sp³-hybridized carbons (Fsp3) is 0.320. The van der Waals surface area contributed by atoms with E-state index >= 15 is 4.39 Å². The Bertz CT molecular complexity index is 1470. The van der Waals surface area contributed by atoms with E-state index in [4.69, 9.17) is 9.47 Å². The van der Waals surface area contributed by atoms with Crippen LogP contribution in [0.5, 0.6) is 11.5 Å². The minimum atomic E-state index is -2.16. The smallest absolute Gasteiger partial charge is 0.408 e. The quantitative estimate of drug-likeness (QED) is 0.459. The van der Waals surface area contributed by atoms with Gasteiger partial charge in [-0.2, -0.15) is 0 Å². The van der Waals surface area contributed by atoms with E-state index in [2.05, 4.69) is 4.98 Å². The van der Waals surface area contributed by atoms with E-state index < -0.39 is 66.2 Å². The average Bonchev–Trinajstić information content (AvgIpc) is 3.15. The van der Waals surface area contributed by atoms with Gasteiger partial charge in [-0.05, 0) is 42.8 Å². The van der Waals surface area contributed by atoms with Crippen LogP contribution in [0.25, 0.3) is 0 Å². The molecule has 3 N–H and O–H groups in total. The van der Waals surface area contributed by atoms with E-state index in [1.54, 1.807) is 6.92 Å². The molecular formula is C25H22F3N3O7. The Morgan fingerprint density at radius 3 is 2.26 bits per heavy atom. The van der Waals surface area contributed by atoms with Crippen molar-refractivity contribution in [2.45, 2.75) is 44.0 Å². The molecule has 3 heterocycles. The number of aromatic nitrogens is 2. The van der Waals surface area contributed by atoms with Crippen molar-refractivity contribution < 1.29 is 37.7 Å². The number of amides is 1. The molecule has 200 valence electrons. The Morgan fingerprint density at radius 2 is 1.71 bits per heavy atom. The van der Waals surface area contributed by atoms with Gasteiger partial charge >= 0.3 is 11.8 Å². The maximum atomic E-state index is 15.2. The number of carboxylic acid groups (broad SMARTS) is 1. The van der Waals surface area contributed by atoms with Crippen molar-refractivity contribution in [1.82, 2.24) is 14.5 Å². The molecule has 1 fully saturated rings. The third-order valence-electron chi connectivity index (χ3n) is 6.68. The number of ether oxygens (including phenoxy) is 2. The van der Waals surface area contributed by atoms with Gasteiger partial charge in [-0.1, -0.05) is 6.92 Å². The molecule has 2 aliphatic rings. The number of benzene rings is 2. The SMILES string of the molecule is CCc1cn([C@@H]2O[C@H](CN(C(=O)O)C3c4cc(F)ccc4Oc4ccc(F)cc43)[C@@H](O)[C@H]2F)c(=O)[nH]c1=O. The summed E-state index contributed by atoms with van der Waals surface area (Å²) in [5.41, 5.74) is -1.31. The average molecular weight is 533 g/mol. The highest BCUT2D eigenvalue weighted by atomic mass is 19.1. The lowest BCUT2D eigenvalue weighted by atomic mass is 9.92. The number of hydrogen-bond donors (Lipinski definition) is 3. The lowest BCUT2D eigenvalue weighted by molar-refractivity contribution is -0.0413. The predicted octanol–water partition coefficient (Wildman–Crippen LogP) is 2.85. The number of hydrogen-bond acceptors (Lipinski definition) is 6. The molecule has 0 aliphatic carbocycles.